The molecule has 1 fully saturated rings. The van der Waals surface area contributed by atoms with Gasteiger partial charge in [-0.2, -0.15) is 26.3 Å². The number of likely N-dealkylation sites (tertiary alicyclic amines) is 1. The van der Waals surface area contributed by atoms with Crippen molar-refractivity contribution in [1.29, 1.82) is 0 Å². The number of hydrogen-bond donors (Lipinski definition) is 0. The first kappa shape index (κ1) is 22.1. The van der Waals surface area contributed by atoms with Gasteiger partial charge in [0.25, 0.3) is 5.91 Å². The number of amides is 1. The molecular weight excluding hydrogens is 415 g/mol. The molecular formula is C21H18F7NO. The van der Waals surface area contributed by atoms with Gasteiger partial charge in [0.2, 0.25) is 0 Å². The van der Waals surface area contributed by atoms with E-state index in [2.05, 4.69) is 0 Å². The van der Waals surface area contributed by atoms with Gasteiger partial charge in [0.05, 0.1) is 16.7 Å². The van der Waals surface area contributed by atoms with Gasteiger partial charge < -0.3 is 4.90 Å². The van der Waals surface area contributed by atoms with Crippen molar-refractivity contribution >= 4 is 5.91 Å². The number of rotatable bonds is 3. The zero-order chi connectivity index (χ0) is 22.1. The molecule has 0 atom stereocenters. The third kappa shape index (κ3) is 4.94. The van der Waals surface area contributed by atoms with E-state index in [0.29, 0.717) is 30.9 Å². The summed E-state index contributed by atoms with van der Waals surface area (Å²) in [6.45, 7) is 0.297. The maximum Gasteiger partial charge on any atom is 0.417 e. The van der Waals surface area contributed by atoms with Gasteiger partial charge in [-0.05, 0) is 55.0 Å². The Morgan fingerprint density at radius 3 is 2.03 bits per heavy atom. The van der Waals surface area contributed by atoms with Gasteiger partial charge in [-0.3, -0.25) is 4.79 Å². The van der Waals surface area contributed by atoms with Crippen molar-refractivity contribution in [1.82, 2.24) is 4.90 Å². The highest BCUT2D eigenvalue weighted by Crippen LogP contribution is 2.34. The fourth-order valence-electron chi connectivity index (χ4n) is 3.64. The molecule has 0 N–H and O–H groups in total. The Balaban J connectivity index is 1.64. The molecule has 0 saturated carbocycles. The maximum absolute atomic E-state index is 14.0. The summed E-state index contributed by atoms with van der Waals surface area (Å²) in [6.07, 6.45) is -7.85. The zero-order valence-electron chi connectivity index (χ0n) is 15.7. The lowest BCUT2D eigenvalue weighted by Gasteiger charge is -2.32. The Morgan fingerprint density at radius 1 is 0.900 bits per heavy atom. The number of hydrogen-bond acceptors (Lipinski definition) is 1. The summed E-state index contributed by atoms with van der Waals surface area (Å²) in [5.41, 5.74) is -2.32. The molecule has 3 rings (SSSR count). The van der Waals surface area contributed by atoms with E-state index < -0.39 is 40.8 Å². The molecule has 1 aliphatic heterocycles. The van der Waals surface area contributed by atoms with Crippen molar-refractivity contribution in [2.45, 2.75) is 31.6 Å². The molecule has 2 aromatic rings. The number of alkyl halides is 6. The number of nitrogens with zero attached hydrogens (tertiary/aromatic N) is 1. The molecule has 0 unspecified atom stereocenters. The van der Waals surface area contributed by atoms with Crippen LogP contribution in [0, 0.1) is 11.7 Å². The first-order valence-electron chi connectivity index (χ1n) is 9.28. The van der Waals surface area contributed by atoms with Crippen LogP contribution in [0.15, 0.2) is 42.5 Å². The van der Waals surface area contributed by atoms with Crippen LogP contribution in [-0.2, 0) is 18.8 Å². The maximum atomic E-state index is 14.0. The molecule has 0 radical (unpaired) electrons. The molecule has 1 amide bonds. The molecule has 1 aliphatic rings. The lowest BCUT2D eigenvalue weighted by Crippen LogP contribution is -2.40. The van der Waals surface area contributed by atoms with Crippen LogP contribution in [0.1, 0.15) is 39.9 Å². The van der Waals surface area contributed by atoms with Gasteiger partial charge in [-0.15, -0.1) is 0 Å². The fraction of sp³-hybridized carbons (Fsp3) is 0.381. The van der Waals surface area contributed by atoms with E-state index in [1.165, 1.54) is 17.0 Å². The SMILES string of the molecule is O=C(c1c(F)cccc1C(F)(F)F)N1CCC(Cc2ccc(C(F)(F)F)cc2)CC1. The van der Waals surface area contributed by atoms with E-state index >= 15 is 0 Å². The first-order valence-corrected chi connectivity index (χ1v) is 9.28. The smallest absolute Gasteiger partial charge is 0.339 e. The highest BCUT2D eigenvalue weighted by Gasteiger charge is 2.38. The summed E-state index contributed by atoms with van der Waals surface area (Å²) < 4.78 is 91.4. The summed E-state index contributed by atoms with van der Waals surface area (Å²) in [5.74, 6) is -2.16. The second-order valence-electron chi connectivity index (χ2n) is 7.29. The second kappa shape index (κ2) is 8.28. The molecule has 0 aromatic heterocycles. The van der Waals surface area contributed by atoms with Crippen LogP contribution >= 0.6 is 0 Å². The zero-order valence-corrected chi connectivity index (χ0v) is 15.7. The number of benzene rings is 2. The number of carbonyl (C=O) groups excluding carboxylic acids is 1. The van der Waals surface area contributed by atoms with Crippen LogP contribution in [0.5, 0.6) is 0 Å². The minimum Gasteiger partial charge on any atom is -0.339 e. The number of carbonyl (C=O) groups is 1. The van der Waals surface area contributed by atoms with Crippen molar-refractivity contribution < 1.29 is 35.5 Å². The Labute approximate surface area is 168 Å². The van der Waals surface area contributed by atoms with Crippen LogP contribution in [0.4, 0.5) is 30.7 Å². The van der Waals surface area contributed by atoms with E-state index in [-0.39, 0.29) is 19.0 Å². The van der Waals surface area contributed by atoms with Crippen LogP contribution < -0.4 is 0 Å². The Bertz CT molecular complexity index is 895. The van der Waals surface area contributed by atoms with E-state index in [4.69, 9.17) is 0 Å². The van der Waals surface area contributed by atoms with Crippen molar-refractivity contribution in [3.63, 3.8) is 0 Å². The van der Waals surface area contributed by atoms with Gasteiger partial charge in [-0.1, -0.05) is 18.2 Å². The standard InChI is InChI=1S/C21H18F7NO/c22-17-3-1-2-16(21(26,27)28)18(17)19(30)29-10-8-14(9-11-29)12-13-4-6-15(7-5-13)20(23,24)25/h1-7,14H,8-12H2. The summed E-state index contributed by atoms with van der Waals surface area (Å²) in [7, 11) is 0. The van der Waals surface area contributed by atoms with Gasteiger partial charge in [-0.25, -0.2) is 4.39 Å². The van der Waals surface area contributed by atoms with Gasteiger partial charge in [0, 0.05) is 13.1 Å². The van der Waals surface area contributed by atoms with Crippen molar-refractivity contribution in [3.05, 3.63) is 70.5 Å². The summed E-state index contributed by atoms with van der Waals surface area (Å²) in [6, 6.07) is 7.21. The predicted molar refractivity (Wildman–Crippen MR) is 95.2 cm³/mol. The molecule has 0 spiro atoms. The Kier molecular flexibility index (Phi) is 6.10. The normalized spacial score (nSPS) is 16.0. The largest absolute Gasteiger partial charge is 0.417 e. The minimum absolute atomic E-state index is 0.0634. The Hall–Kier alpha value is -2.58. The molecule has 1 heterocycles. The highest BCUT2D eigenvalue weighted by atomic mass is 19.4. The third-order valence-corrected chi connectivity index (χ3v) is 5.24. The quantitative estimate of drug-likeness (QED) is 0.547. The summed E-state index contributed by atoms with van der Waals surface area (Å²) in [5, 5.41) is 0. The van der Waals surface area contributed by atoms with Gasteiger partial charge in [0.15, 0.2) is 0 Å². The molecule has 2 aromatic carbocycles. The molecule has 162 valence electrons. The van der Waals surface area contributed by atoms with E-state index in [1.54, 1.807) is 0 Å². The fourth-order valence-corrected chi connectivity index (χ4v) is 3.64. The molecule has 2 nitrogen and oxygen atoms in total. The molecule has 0 bridgehead atoms. The third-order valence-electron chi connectivity index (χ3n) is 5.24. The molecule has 9 heteroatoms. The molecule has 1 saturated heterocycles. The highest BCUT2D eigenvalue weighted by molar-refractivity contribution is 5.96. The van der Waals surface area contributed by atoms with Crippen LogP contribution in [0.3, 0.4) is 0 Å². The van der Waals surface area contributed by atoms with Crippen molar-refractivity contribution in [3.8, 4) is 0 Å². The predicted octanol–water partition coefficient (Wildman–Crippen LogP) is 5.96. The van der Waals surface area contributed by atoms with Gasteiger partial charge in [0.1, 0.15) is 5.82 Å². The van der Waals surface area contributed by atoms with Crippen molar-refractivity contribution in [2.75, 3.05) is 13.1 Å². The lowest BCUT2D eigenvalue weighted by molar-refractivity contribution is -0.138. The van der Waals surface area contributed by atoms with E-state index in [0.717, 1.165) is 24.3 Å². The lowest BCUT2D eigenvalue weighted by atomic mass is 9.89. The first-order chi connectivity index (χ1) is 14.0. The number of halogens is 7. The van der Waals surface area contributed by atoms with Crippen LogP contribution in [0.2, 0.25) is 0 Å². The average Bonchev–Trinajstić information content (AvgIpc) is 2.67. The average molecular weight is 433 g/mol. The van der Waals surface area contributed by atoms with E-state index in [9.17, 15) is 35.5 Å². The Morgan fingerprint density at radius 2 is 1.50 bits per heavy atom. The monoisotopic (exact) mass is 433 g/mol. The summed E-state index contributed by atoms with van der Waals surface area (Å²) >= 11 is 0. The van der Waals surface area contributed by atoms with Gasteiger partial charge >= 0.3 is 12.4 Å². The summed E-state index contributed by atoms with van der Waals surface area (Å²) in [4.78, 5) is 13.8. The topological polar surface area (TPSA) is 20.3 Å². The van der Waals surface area contributed by atoms with Crippen molar-refractivity contribution in [2.24, 2.45) is 5.92 Å². The molecule has 0 aliphatic carbocycles. The van der Waals surface area contributed by atoms with E-state index in [1.807, 2.05) is 0 Å². The minimum atomic E-state index is -4.85. The van der Waals surface area contributed by atoms with Crippen LogP contribution in [-0.4, -0.2) is 23.9 Å². The second-order valence-corrected chi connectivity index (χ2v) is 7.29. The van der Waals surface area contributed by atoms with Crippen LogP contribution in [0.25, 0.3) is 0 Å². The molecule has 30 heavy (non-hydrogen) atoms. The number of piperidine rings is 1.